The van der Waals surface area contributed by atoms with E-state index < -0.39 is 30.0 Å². The van der Waals surface area contributed by atoms with Gasteiger partial charge in [-0.3, -0.25) is 14.3 Å². The molecule has 7 nitrogen and oxygen atoms in total. The number of hydrogen-bond donors (Lipinski definition) is 2. The Morgan fingerprint density at radius 3 is 2.46 bits per heavy atom. The van der Waals surface area contributed by atoms with Crippen molar-refractivity contribution in [3.63, 3.8) is 0 Å². The lowest BCUT2D eigenvalue weighted by atomic mass is 10.1. The highest BCUT2D eigenvalue weighted by atomic mass is 35.5. The van der Waals surface area contributed by atoms with Crippen LogP contribution in [-0.4, -0.2) is 26.6 Å². The molecule has 1 atom stereocenters. The van der Waals surface area contributed by atoms with E-state index in [-0.39, 0.29) is 15.4 Å². The third-order valence-corrected chi connectivity index (χ3v) is 8.28. The van der Waals surface area contributed by atoms with Gasteiger partial charge in [0.25, 0.3) is 12.3 Å². The minimum Gasteiger partial charge on any atom is -0.365 e. The zero-order valence-electron chi connectivity index (χ0n) is 19.3. The van der Waals surface area contributed by atoms with Gasteiger partial charge >= 0.3 is 0 Å². The maximum absolute atomic E-state index is 13.6. The summed E-state index contributed by atoms with van der Waals surface area (Å²) in [7, 11) is 0. The SMILES string of the molecule is CCC(C(=O)Nc1c(C(N)=O)sc2nc(C(F)F)cc(-c3ccc(C)s3)c12)n1nc(C)c(Cl)c1C. The van der Waals surface area contributed by atoms with Crippen LogP contribution in [0.1, 0.15) is 57.4 Å². The third kappa shape index (κ3) is 4.55. The molecule has 0 bridgehead atoms. The maximum Gasteiger partial charge on any atom is 0.280 e. The molecule has 4 heterocycles. The fourth-order valence-corrected chi connectivity index (χ4v) is 5.95. The summed E-state index contributed by atoms with van der Waals surface area (Å²) in [4.78, 5) is 31.8. The van der Waals surface area contributed by atoms with Gasteiger partial charge in [0.15, 0.2) is 0 Å². The van der Waals surface area contributed by atoms with Gasteiger partial charge in [0.05, 0.1) is 22.1 Å². The van der Waals surface area contributed by atoms with Crippen LogP contribution >= 0.6 is 34.3 Å². The molecule has 0 radical (unpaired) electrons. The van der Waals surface area contributed by atoms with E-state index in [2.05, 4.69) is 15.4 Å². The predicted octanol–water partition coefficient (Wildman–Crippen LogP) is 6.43. The number of alkyl halides is 2. The first kappa shape index (κ1) is 25.2. The number of nitrogens with zero attached hydrogens (tertiary/aromatic N) is 3. The van der Waals surface area contributed by atoms with Crippen molar-refractivity contribution in [3.8, 4) is 10.4 Å². The number of amides is 2. The number of halogens is 3. The Labute approximate surface area is 212 Å². The number of fused-ring (bicyclic) bond motifs is 1. The first-order chi connectivity index (χ1) is 16.5. The molecule has 0 aliphatic heterocycles. The Hall–Kier alpha value is -2.89. The van der Waals surface area contributed by atoms with Crippen LogP contribution in [0, 0.1) is 20.8 Å². The van der Waals surface area contributed by atoms with Crippen LogP contribution in [0.2, 0.25) is 5.02 Å². The Morgan fingerprint density at radius 1 is 1.23 bits per heavy atom. The van der Waals surface area contributed by atoms with E-state index in [9.17, 15) is 18.4 Å². The number of aromatic nitrogens is 3. The Balaban J connectivity index is 1.90. The summed E-state index contributed by atoms with van der Waals surface area (Å²) in [5, 5.41) is 8.08. The summed E-state index contributed by atoms with van der Waals surface area (Å²) in [6, 6.07) is 4.25. The summed E-state index contributed by atoms with van der Waals surface area (Å²) in [5.74, 6) is -1.24. The Morgan fingerprint density at radius 2 is 1.94 bits per heavy atom. The molecule has 12 heteroatoms. The molecule has 1 unspecified atom stereocenters. The van der Waals surface area contributed by atoms with Crippen molar-refractivity contribution in [1.29, 1.82) is 0 Å². The second kappa shape index (κ2) is 9.63. The largest absolute Gasteiger partial charge is 0.365 e. The van der Waals surface area contributed by atoms with Crippen molar-refractivity contribution >= 4 is 62.0 Å². The molecule has 0 saturated carbocycles. The number of primary amides is 1. The molecule has 2 amide bonds. The second-order valence-corrected chi connectivity index (χ2v) is 10.7. The molecular formula is C23H22ClF2N5O2S2. The van der Waals surface area contributed by atoms with Gasteiger partial charge in [-0.15, -0.1) is 22.7 Å². The van der Waals surface area contributed by atoms with Crippen LogP contribution in [0.15, 0.2) is 18.2 Å². The van der Waals surface area contributed by atoms with Crippen LogP contribution in [0.3, 0.4) is 0 Å². The summed E-state index contributed by atoms with van der Waals surface area (Å²) in [6.45, 7) is 7.23. The van der Waals surface area contributed by atoms with E-state index in [0.717, 1.165) is 16.2 Å². The average molecular weight is 538 g/mol. The minimum atomic E-state index is -2.81. The predicted molar refractivity (Wildman–Crippen MR) is 136 cm³/mol. The van der Waals surface area contributed by atoms with Crippen molar-refractivity contribution in [2.24, 2.45) is 5.73 Å². The van der Waals surface area contributed by atoms with E-state index in [4.69, 9.17) is 17.3 Å². The number of aryl methyl sites for hydroxylation is 2. The van der Waals surface area contributed by atoms with Crippen LogP contribution in [0.25, 0.3) is 20.7 Å². The lowest BCUT2D eigenvalue weighted by molar-refractivity contribution is -0.119. The van der Waals surface area contributed by atoms with Gasteiger partial charge < -0.3 is 11.1 Å². The third-order valence-electron chi connectivity index (χ3n) is 5.60. The van der Waals surface area contributed by atoms with E-state index >= 15 is 0 Å². The van der Waals surface area contributed by atoms with Crippen molar-refractivity contribution in [1.82, 2.24) is 14.8 Å². The molecule has 0 aliphatic rings. The number of hydrogen-bond acceptors (Lipinski definition) is 6. The minimum absolute atomic E-state index is 0.0306. The summed E-state index contributed by atoms with van der Waals surface area (Å²) in [6.07, 6.45) is -2.42. The van der Waals surface area contributed by atoms with Crippen LogP contribution < -0.4 is 11.1 Å². The molecule has 0 aromatic carbocycles. The number of anilines is 1. The van der Waals surface area contributed by atoms with Gasteiger partial charge in [-0.25, -0.2) is 13.8 Å². The van der Waals surface area contributed by atoms with Crippen molar-refractivity contribution < 1.29 is 18.4 Å². The first-order valence-electron chi connectivity index (χ1n) is 10.7. The molecule has 0 aliphatic carbocycles. The zero-order valence-corrected chi connectivity index (χ0v) is 21.7. The second-order valence-electron chi connectivity index (χ2n) is 8.00. The fraction of sp³-hybridized carbons (Fsp3) is 0.304. The highest BCUT2D eigenvalue weighted by molar-refractivity contribution is 7.21. The van der Waals surface area contributed by atoms with E-state index in [0.29, 0.717) is 38.7 Å². The summed E-state index contributed by atoms with van der Waals surface area (Å²) in [5.41, 5.74) is 7.03. The van der Waals surface area contributed by atoms with Crippen molar-refractivity contribution in [3.05, 3.63) is 50.1 Å². The number of carbonyl (C=O) groups excluding carboxylic acids is 2. The Bertz CT molecular complexity index is 1460. The van der Waals surface area contributed by atoms with Crippen LogP contribution in [0.4, 0.5) is 14.5 Å². The molecule has 0 spiro atoms. The topological polar surface area (TPSA) is 103 Å². The molecule has 4 rings (SSSR count). The lowest BCUT2D eigenvalue weighted by Gasteiger charge is -2.18. The van der Waals surface area contributed by atoms with Gasteiger partial charge in [-0.05, 0) is 45.4 Å². The monoisotopic (exact) mass is 537 g/mol. The number of pyridine rings is 1. The molecule has 3 N–H and O–H groups in total. The van der Waals surface area contributed by atoms with Crippen LogP contribution in [0.5, 0.6) is 0 Å². The molecular weight excluding hydrogens is 516 g/mol. The molecule has 0 saturated heterocycles. The number of nitrogens with one attached hydrogen (secondary N) is 1. The van der Waals surface area contributed by atoms with E-state index in [1.807, 2.05) is 26.0 Å². The Kier molecular flexibility index (Phi) is 6.94. The fourth-order valence-electron chi connectivity index (χ4n) is 3.92. The molecule has 4 aromatic heterocycles. The van der Waals surface area contributed by atoms with Gasteiger partial charge in [0.2, 0.25) is 5.91 Å². The number of rotatable bonds is 7. The first-order valence-corrected chi connectivity index (χ1v) is 12.7. The van der Waals surface area contributed by atoms with Gasteiger partial charge in [0.1, 0.15) is 21.4 Å². The summed E-state index contributed by atoms with van der Waals surface area (Å²) >= 11 is 8.56. The number of thiophene rings is 2. The van der Waals surface area contributed by atoms with Crippen molar-refractivity contribution in [2.45, 2.75) is 46.6 Å². The van der Waals surface area contributed by atoms with Crippen LogP contribution in [-0.2, 0) is 4.79 Å². The van der Waals surface area contributed by atoms with Gasteiger partial charge in [-0.1, -0.05) is 18.5 Å². The quantitative estimate of drug-likeness (QED) is 0.283. The van der Waals surface area contributed by atoms with Gasteiger partial charge in [0, 0.05) is 20.7 Å². The smallest absolute Gasteiger partial charge is 0.280 e. The molecule has 184 valence electrons. The summed E-state index contributed by atoms with van der Waals surface area (Å²) < 4.78 is 28.8. The van der Waals surface area contributed by atoms with Crippen molar-refractivity contribution in [2.75, 3.05) is 5.32 Å². The molecule has 35 heavy (non-hydrogen) atoms. The normalized spacial score (nSPS) is 12.5. The standard InChI is InChI=1S/C23H22ClF2N5O2S2/c1-5-14(31-11(4)17(24)10(3)30-31)22(33)29-18-16-12(15-7-6-9(2)34-15)8-13(20(25)26)28-23(16)35-19(18)21(27)32/h6-8,14,20H,5H2,1-4H3,(H2,27,32)(H,29,33). The maximum atomic E-state index is 13.6. The average Bonchev–Trinajstić information content (AvgIpc) is 3.47. The highest BCUT2D eigenvalue weighted by Gasteiger charge is 2.29. The zero-order chi connectivity index (χ0) is 25.6. The molecule has 0 fully saturated rings. The van der Waals surface area contributed by atoms with E-state index in [1.165, 1.54) is 17.4 Å². The highest BCUT2D eigenvalue weighted by Crippen LogP contribution is 2.44. The van der Waals surface area contributed by atoms with Gasteiger partial charge in [-0.2, -0.15) is 5.10 Å². The number of carbonyl (C=O) groups is 2. The lowest BCUT2D eigenvalue weighted by Crippen LogP contribution is -2.28. The van der Waals surface area contributed by atoms with E-state index in [1.54, 1.807) is 18.5 Å². The molecule has 4 aromatic rings. The number of nitrogens with two attached hydrogens (primary N) is 1.